The molecular weight excluding hydrogens is 176 g/mol. The molecule has 0 aromatic heterocycles. The van der Waals surface area contributed by atoms with Crippen LogP contribution < -0.4 is 10.6 Å². The first-order valence-corrected chi connectivity index (χ1v) is 6.04. The smallest absolute Gasteiger partial charge is 0.153 e. The highest BCUT2D eigenvalue weighted by molar-refractivity contribution is 7.91. The summed E-state index contributed by atoms with van der Waals surface area (Å²) in [5.41, 5.74) is 0. The van der Waals surface area contributed by atoms with Crippen molar-refractivity contribution in [2.45, 2.75) is 12.5 Å². The molecular formula is C7H16N2O2S. The Labute approximate surface area is 73.6 Å². The lowest BCUT2D eigenvalue weighted by atomic mass is 10.2. The van der Waals surface area contributed by atoms with Gasteiger partial charge >= 0.3 is 0 Å². The highest BCUT2D eigenvalue weighted by Crippen LogP contribution is 2.03. The molecule has 1 atom stereocenters. The highest BCUT2D eigenvalue weighted by atomic mass is 32.2. The molecule has 0 amide bonds. The van der Waals surface area contributed by atoms with Gasteiger partial charge in [0, 0.05) is 12.6 Å². The molecule has 1 heterocycles. The molecule has 12 heavy (non-hydrogen) atoms. The van der Waals surface area contributed by atoms with Gasteiger partial charge in [-0.1, -0.05) is 0 Å². The van der Waals surface area contributed by atoms with Crippen molar-refractivity contribution in [3.8, 4) is 0 Å². The lowest BCUT2D eigenvalue weighted by Gasteiger charge is -2.23. The van der Waals surface area contributed by atoms with Crippen LogP contribution in [-0.2, 0) is 9.84 Å². The van der Waals surface area contributed by atoms with E-state index in [9.17, 15) is 8.42 Å². The zero-order chi connectivity index (χ0) is 9.03. The van der Waals surface area contributed by atoms with E-state index in [1.165, 1.54) is 0 Å². The maximum absolute atomic E-state index is 11.2. The predicted octanol–water partition coefficient (Wildman–Crippen LogP) is -1.02. The summed E-state index contributed by atoms with van der Waals surface area (Å²) in [6.45, 7) is 1.48. The molecule has 4 nitrogen and oxygen atoms in total. The van der Waals surface area contributed by atoms with Crippen LogP contribution in [0.1, 0.15) is 6.42 Å². The third-order valence-corrected chi connectivity index (χ3v) is 3.78. The van der Waals surface area contributed by atoms with E-state index in [0.717, 1.165) is 13.0 Å². The van der Waals surface area contributed by atoms with Gasteiger partial charge in [-0.15, -0.1) is 0 Å². The van der Waals surface area contributed by atoms with Crippen molar-refractivity contribution in [2.75, 3.05) is 31.6 Å². The highest BCUT2D eigenvalue weighted by Gasteiger charge is 2.23. The van der Waals surface area contributed by atoms with Gasteiger partial charge in [0.05, 0.1) is 11.5 Å². The maximum Gasteiger partial charge on any atom is 0.153 e. The van der Waals surface area contributed by atoms with Crippen LogP contribution in [0.2, 0.25) is 0 Å². The van der Waals surface area contributed by atoms with Gasteiger partial charge in [0.15, 0.2) is 9.84 Å². The van der Waals surface area contributed by atoms with Crippen molar-refractivity contribution in [3.63, 3.8) is 0 Å². The molecule has 1 unspecified atom stereocenters. The number of nitrogens with one attached hydrogen (secondary N) is 2. The molecule has 72 valence electrons. The second-order valence-corrected chi connectivity index (χ2v) is 5.39. The summed E-state index contributed by atoms with van der Waals surface area (Å²) in [4.78, 5) is 0. The SMILES string of the molecule is CNCCC1CS(=O)(=O)CCN1. The minimum Gasteiger partial charge on any atom is -0.320 e. The number of hydrogen-bond acceptors (Lipinski definition) is 4. The van der Waals surface area contributed by atoms with Gasteiger partial charge in [-0.3, -0.25) is 0 Å². The fourth-order valence-corrected chi connectivity index (χ4v) is 2.86. The van der Waals surface area contributed by atoms with E-state index >= 15 is 0 Å². The average molecular weight is 192 g/mol. The maximum atomic E-state index is 11.2. The van der Waals surface area contributed by atoms with Gasteiger partial charge in [0.1, 0.15) is 0 Å². The van der Waals surface area contributed by atoms with Crippen molar-refractivity contribution in [1.82, 2.24) is 10.6 Å². The summed E-state index contributed by atoms with van der Waals surface area (Å²) < 4.78 is 22.3. The zero-order valence-electron chi connectivity index (χ0n) is 7.34. The molecule has 1 fully saturated rings. The minimum absolute atomic E-state index is 0.149. The molecule has 0 aromatic carbocycles. The number of sulfone groups is 1. The van der Waals surface area contributed by atoms with E-state index in [4.69, 9.17) is 0 Å². The predicted molar refractivity (Wildman–Crippen MR) is 49.0 cm³/mol. The Bertz CT molecular complexity index is 226. The minimum atomic E-state index is -2.75. The molecule has 5 heteroatoms. The van der Waals surface area contributed by atoms with Gasteiger partial charge < -0.3 is 10.6 Å². The first kappa shape index (κ1) is 9.95. The van der Waals surface area contributed by atoms with Gasteiger partial charge in [-0.2, -0.15) is 0 Å². The molecule has 2 N–H and O–H groups in total. The third kappa shape index (κ3) is 3.08. The van der Waals surface area contributed by atoms with E-state index in [-0.39, 0.29) is 6.04 Å². The van der Waals surface area contributed by atoms with Gasteiger partial charge in [0.25, 0.3) is 0 Å². The molecule has 0 spiro atoms. The van der Waals surface area contributed by atoms with E-state index < -0.39 is 9.84 Å². The molecule has 0 aromatic rings. The normalized spacial score (nSPS) is 28.6. The van der Waals surface area contributed by atoms with Crippen LogP contribution in [0.15, 0.2) is 0 Å². The van der Waals surface area contributed by atoms with E-state index in [1.807, 2.05) is 7.05 Å². The van der Waals surface area contributed by atoms with Crippen LogP contribution in [0.4, 0.5) is 0 Å². The first-order valence-electron chi connectivity index (χ1n) is 4.22. The molecule has 1 saturated heterocycles. The van der Waals surface area contributed by atoms with E-state index in [1.54, 1.807) is 0 Å². The van der Waals surface area contributed by atoms with E-state index in [0.29, 0.717) is 18.1 Å². The quantitative estimate of drug-likeness (QED) is 0.601. The average Bonchev–Trinajstić information content (AvgIpc) is 1.99. The zero-order valence-corrected chi connectivity index (χ0v) is 8.15. The van der Waals surface area contributed by atoms with Crippen molar-refractivity contribution in [3.05, 3.63) is 0 Å². The summed E-state index contributed by atoms with van der Waals surface area (Å²) in [5.74, 6) is 0.595. The Kier molecular flexibility index (Phi) is 3.49. The van der Waals surface area contributed by atoms with Gasteiger partial charge in [-0.05, 0) is 20.0 Å². The molecule has 0 radical (unpaired) electrons. The fourth-order valence-electron chi connectivity index (χ4n) is 1.37. The summed E-state index contributed by atoms with van der Waals surface area (Å²) >= 11 is 0. The molecule has 0 aliphatic carbocycles. The molecule has 0 bridgehead atoms. The Balaban J connectivity index is 2.36. The molecule has 0 saturated carbocycles. The summed E-state index contributed by atoms with van der Waals surface area (Å²) in [6.07, 6.45) is 0.885. The Morgan fingerprint density at radius 3 is 2.92 bits per heavy atom. The topological polar surface area (TPSA) is 58.2 Å². The third-order valence-electron chi connectivity index (χ3n) is 2.04. The van der Waals surface area contributed by atoms with Crippen LogP contribution in [0, 0.1) is 0 Å². The lowest BCUT2D eigenvalue weighted by molar-refractivity contribution is 0.487. The van der Waals surface area contributed by atoms with Crippen LogP contribution in [0.5, 0.6) is 0 Å². The van der Waals surface area contributed by atoms with Crippen molar-refractivity contribution < 1.29 is 8.42 Å². The van der Waals surface area contributed by atoms with Crippen LogP contribution >= 0.6 is 0 Å². The molecule has 1 rings (SSSR count). The van der Waals surface area contributed by atoms with Crippen LogP contribution in [0.3, 0.4) is 0 Å². The summed E-state index contributed by atoms with van der Waals surface area (Å²) in [7, 11) is -0.880. The van der Waals surface area contributed by atoms with Crippen LogP contribution in [-0.4, -0.2) is 46.1 Å². The largest absolute Gasteiger partial charge is 0.320 e. The molecule has 1 aliphatic rings. The van der Waals surface area contributed by atoms with Crippen molar-refractivity contribution in [2.24, 2.45) is 0 Å². The monoisotopic (exact) mass is 192 g/mol. The number of hydrogen-bond donors (Lipinski definition) is 2. The van der Waals surface area contributed by atoms with Crippen molar-refractivity contribution >= 4 is 9.84 Å². The lowest BCUT2D eigenvalue weighted by Crippen LogP contribution is -2.45. The fraction of sp³-hybridized carbons (Fsp3) is 1.00. The van der Waals surface area contributed by atoms with Gasteiger partial charge in [-0.25, -0.2) is 8.42 Å². The van der Waals surface area contributed by atoms with Gasteiger partial charge in [0.2, 0.25) is 0 Å². The van der Waals surface area contributed by atoms with Crippen molar-refractivity contribution in [1.29, 1.82) is 0 Å². The Hall–Kier alpha value is -0.130. The first-order chi connectivity index (χ1) is 5.64. The second kappa shape index (κ2) is 4.20. The summed E-state index contributed by atoms with van der Waals surface area (Å²) in [6, 6.07) is 0.149. The van der Waals surface area contributed by atoms with Crippen LogP contribution in [0.25, 0.3) is 0 Å². The van der Waals surface area contributed by atoms with E-state index in [2.05, 4.69) is 10.6 Å². The number of rotatable bonds is 3. The molecule has 1 aliphatic heterocycles. The standard InChI is InChI=1S/C7H16N2O2S/c1-8-3-2-7-6-12(10,11)5-4-9-7/h7-9H,2-6H2,1H3. The Morgan fingerprint density at radius 1 is 1.58 bits per heavy atom. The summed E-state index contributed by atoms with van der Waals surface area (Å²) in [5, 5.41) is 6.20. The second-order valence-electron chi connectivity index (χ2n) is 3.16. The Morgan fingerprint density at radius 2 is 2.33 bits per heavy atom.